The summed E-state index contributed by atoms with van der Waals surface area (Å²) in [5.74, 6) is 1.24. The Balaban J connectivity index is 1.38. The van der Waals surface area contributed by atoms with E-state index in [1.54, 1.807) is 0 Å². The van der Waals surface area contributed by atoms with Crippen molar-refractivity contribution in [1.29, 1.82) is 0 Å². The molecule has 2 aliphatic carbocycles. The van der Waals surface area contributed by atoms with Crippen LogP contribution in [-0.4, -0.2) is 0 Å². The van der Waals surface area contributed by atoms with Crippen LogP contribution in [0, 0.1) is 53.0 Å². The molecular formula is C30H28F8O. The van der Waals surface area contributed by atoms with E-state index in [-0.39, 0.29) is 23.6 Å². The first-order chi connectivity index (χ1) is 18.4. The monoisotopic (exact) mass is 556 g/mol. The molecule has 1 nitrogen and oxygen atoms in total. The molecule has 0 aromatic heterocycles. The summed E-state index contributed by atoms with van der Waals surface area (Å²) in [6.07, 6.45) is 1.08. The average Bonchev–Trinajstić information content (AvgIpc) is 2.86. The van der Waals surface area contributed by atoms with Crippen LogP contribution in [0.1, 0.15) is 68.1 Å². The molecule has 0 N–H and O–H groups in total. The second-order valence-corrected chi connectivity index (χ2v) is 10.4. The fourth-order valence-electron chi connectivity index (χ4n) is 5.68. The molecule has 2 saturated carbocycles. The van der Waals surface area contributed by atoms with Gasteiger partial charge in [0, 0.05) is 23.6 Å². The van der Waals surface area contributed by atoms with Gasteiger partial charge in [-0.2, -0.15) is 22.0 Å². The lowest BCUT2D eigenvalue weighted by Gasteiger charge is -2.36. The number of hydrogen-bond acceptors (Lipinski definition) is 1. The Bertz CT molecular complexity index is 1220. The molecule has 0 bridgehead atoms. The van der Waals surface area contributed by atoms with Gasteiger partial charge < -0.3 is 4.74 Å². The summed E-state index contributed by atoms with van der Waals surface area (Å²) in [5, 5.41) is 0. The van der Waals surface area contributed by atoms with Crippen LogP contribution in [0.25, 0.3) is 0 Å². The van der Waals surface area contributed by atoms with Gasteiger partial charge in [-0.05, 0) is 87.3 Å². The highest BCUT2D eigenvalue weighted by Crippen LogP contribution is 2.42. The van der Waals surface area contributed by atoms with Crippen LogP contribution in [-0.2, 0) is 12.3 Å². The van der Waals surface area contributed by atoms with Crippen LogP contribution >= 0.6 is 0 Å². The summed E-state index contributed by atoms with van der Waals surface area (Å²) < 4.78 is 113. The third kappa shape index (κ3) is 6.95. The Labute approximate surface area is 222 Å². The number of halogens is 8. The van der Waals surface area contributed by atoms with E-state index in [0.29, 0.717) is 11.8 Å². The molecule has 39 heavy (non-hydrogen) atoms. The minimum Gasteiger partial charge on any atom is -0.429 e. The van der Waals surface area contributed by atoms with E-state index in [1.165, 1.54) is 31.7 Å². The van der Waals surface area contributed by atoms with Gasteiger partial charge in [-0.15, -0.1) is 6.58 Å². The molecule has 0 saturated heterocycles. The highest BCUT2D eigenvalue weighted by molar-refractivity contribution is 5.39. The zero-order valence-electron chi connectivity index (χ0n) is 21.1. The molecule has 4 rings (SSSR count). The first kappa shape index (κ1) is 29.0. The molecule has 2 aliphatic rings. The van der Waals surface area contributed by atoms with Crippen molar-refractivity contribution in [1.82, 2.24) is 0 Å². The van der Waals surface area contributed by atoms with Gasteiger partial charge in [0.25, 0.3) is 0 Å². The topological polar surface area (TPSA) is 9.23 Å². The van der Waals surface area contributed by atoms with Crippen molar-refractivity contribution >= 4 is 0 Å². The van der Waals surface area contributed by atoms with E-state index in [0.717, 1.165) is 43.7 Å². The second kappa shape index (κ2) is 11.6. The quantitative estimate of drug-likeness (QED) is 0.203. The Kier molecular flexibility index (Phi) is 8.63. The maximum Gasteiger partial charge on any atom is 0.429 e. The molecule has 0 amide bonds. The maximum absolute atomic E-state index is 14.6. The van der Waals surface area contributed by atoms with Crippen molar-refractivity contribution in [2.75, 3.05) is 0 Å². The van der Waals surface area contributed by atoms with Crippen molar-refractivity contribution in [3.8, 4) is 17.6 Å². The highest BCUT2D eigenvalue weighted by Gasteiger charge is 2.41. The Morgan fingerprint density at radius 3 is 1.85 bits per heavy atom. The Morgan fingerprint density at radius 1 is 0.769 bits per heavy atom. The molecule has 210 valence electrons. The molecule has 0 aliphatic heterocycles. The molecule has 0 spiro atoms. The number of benzene rings is 2. The lowest BCUT2D eigenvalue weighted by molar-refractivity contribution is -0.187. The molecule has 0 unspecified atom stereocenters. The van der Waals surface area contributed by atoms with Gasteiger partial charge in [-0.1, -0.05) is 17.9 Å². The van der Waals surface area contributed by atoms with Gasteiger partial charge in [0.05, 0.1) is 0 Å². The average molecular weight is 557 g/mol. The zero-order valence-corrected chi connectivity index (χ0v) is 21.1. The molecule has 0 atom stereocenters. The SMILES string of the molecule is C=CC1CCC(C2CCC(C#Cc3ccc(C(F)(F)Oc4cc(F)c(C(F)(F)F)c(F)c4)c(F)c3)CC2)CC1. The zero-order chi connectivity index (χ0) is 28.4. The molecule has 9 heteroatoms. The molecular weight excluding hydrogens is 528 g/mol. The van der Waals surface area contributed by atoms with Gasteiger partial charge in [0.1, 0.15) is 34.3 Å². The number of rotatable bonds is 5. The largest absolute Gasteiger partial charge is 0.429 e. The van der Waals surface area contributed by atoms with Crippen molar-refractivity contribution in [3.05, 3.63) is 77.1 Å². The van der Waals surface area contributed by atoms with Gasteiger partial charge in [0.2, 0.25) is 0 Å². The van der Waals surface area contributed by atoms with E-state index in [1.807, 2.05) is 6.08 Å². The normalized spacial score (nSPS) is 24.0. The lowest BCUT2D eigenvalue weighted by Crippen LogP contribution is -2.25. The summed E-state index contributed by atoms with van der Waals surface area (Å²) >= 11 is 0. The summed E-state index contributed by atoms with van der Waals surface area (Å²) in [6.45, 7) is 3.89. The first-order valence-electron chi connectivity index (χ1n) is 12.9. The number of allylic oxidation sites excluding steroid dienone is 1. The molecule has 0 heterocycles. The van der Waals surface area contributed by atoms with Crippen LogP contribution in [0.5, 0.6) is 5.75 Å². The van der Waals surface area contributed by atoms with Crippen molar-refractivity contribution in [3.63, 3.8) is 0 Å². The standard InChI is InChI=1S/C30H28F8O/c1-2-18-5-10-21(11-6-18)22-12-7-19(8-13-22)3-4-20-9-14-24(25(31)15-20)30(37,38)39-23-16-26(32)28(27(33)17-23)29(34,35)36/h2,9,14-19,21-22H,1,5-8,10-13H2. The molecule has 2 fully saturated rings. The third-order valence-corrected chi connectivity index (χ3v) is 7.84. The first-order valence-corrected chi connectivity index (χ1v) is 12.9. The molecule has 2 aromatic carbocycles. The van der Waals surface area contributed by atoms with E-state index in [4.69, 9.17) is 0 Å². The number of ether oxygens (including phenoxy) is 1. The Morgan fingerprint density at radius 2 is 1.33 bits per heavy atom. The Hall–Kier alpha value is -3.02. The van der Waals surface area contributed by atoms with E-state index in [2.05, 4.69) is 23.2 Å². The molecule has 0 radical (unpaired) electrons. The van der Waals surface area contributed by atoms with Crippen LogP contribution in [0.4, 0.5) is 35.1 Å². The van der Waals surface area contributed by atoms with Crippen LogP contribution in [0.3, 0.4) is 0 Å². The van der Waals surface area contributed by atoms with Crippen LogP contribution in [0.2, 0.25) is 0 Å². The van der Waals surface area contributed by atoms with Crippen molar-refractivity contribution in [2.24, 2.45) is 23.7 Å². The summed E-state index contributed by atoms with van der Waals surface area (Å²) in [7, 11) is 0. The number of alkyl halides is 5. The minimum absolute atomic E-state index is 0.0292. The fourth-order valence-corrected chi connectivity index (χ4v) is 5.68. The summed E-state index contributed by atoms with van der Waals surface area (Å²) in [5.41, 5.74) is -3.32. The highest BCUT2D eigenvalue weighted by atomic mass is 19.4. The second-order valence-electron chi connectivity index (χ2n) is 10.4. The van der Waals surface area contributed by atoms with Gasteiger partial charge in [-0.25, -0.2) is 13.2 Å². The summed E-state index contributed by atoms with van der Waals surface area (Å²) in [6, 6.07) is 2.64. The fraction of sp³-hybridized carbons (Fsp3) is 0.467. The smallest absolute Gasteiger partial charge is 0.429 e. The maximum atomic E-state index is 14.6. The van der Waals surface area contributed by atoms with Gasteiger partial charge in [0.15, 0.2) is 0 Å². The van der Waals surface area contributed by atoms with Gasteiger partial charge in [-0.3, -0.25) is 0 Å². The van der Waals surface area contributed by atoms with Gasteiger partial charge >= 0.3 is 12.3 Å². The summed E-state index contributed by atoms with van der Waals surface area (Å²) in [4.78, 5) is 0. The van der Waals surface area contributed by atoms with Crippen LogP contribution < -0.4 is 4.74 Å². The minimum atomic E-state index is -5.37. The van der Waals surface area contributed by atoms with Crippen molar-refractivity contribution in [2.45, 2.75) is 63.7 Å². The van der Waals surface area contributed by atoms with E-state index >= 15 is 0 Å². The van der Waals surface area contributed by atoms with E-state index in [9.17, 15) is 35.1 Å². The lowest BCUT2D eigenvalue weighted by atomic mass is 9.69. The molecule has 2 aromatic rings. The predicted octanol–water partition coefficient (Wildman–Crippen LogP) is 9.40. The number of hydrogen-bond donors (Lipinski definition) is 0. The van der Waals surface area contributed by atoms with Crippen LogP contribution in [0.15, 0.2) is 43.0 Å². The predicted molar refractivity (Wildman–Crippen MR) is 130 cm³/mol. The van der Waals surface area contributed by atoms with E-state index < -0.39 is 46.6 Å². The van der Waals surface area contributed by atoms with Crippen molar-refractivity contribution < 1.29 is 39.9 Å². The third-order valence-electron chi connectivity index (χ3n) is 7.84.